The van der Waals surface area contributed by atoms with Crippen molar-refractivity contribution in [3.05, 3.63) is 39.4 Å². The van der Waals surface area contributed by atoms with Crippen LogP contribution in [-0.2, 0) is 9.53 Å². The van der Waals surface area contributed by atoms with E-state index in [1.807, 2.05) is 0 Å². The summed E-state index contributed by atoms with van der Waals surface area (Å²) in [5, 5.41) is 11.2. The number of amides is 2. The van der Waals surface area contributed by atoms with Gasteiger partial charge < -0.3 is 4.74 Å². The molecule has 2 amide bonds. The Balaban J connectivity index is 1.51. The van der Waals surface area contributed by atoms with E-state index in [0.29, 0.717) is 5.92 Å². The van der Waals surface area contributed by atoms with Crippen LogP contribution in [0.15, 0.2) is 18.2 Å². The van der Waals surface area contributed by atoms with E-state index in [1.54, 1.807) is 0 Å². The molecule has 2 aliphatic carbocycles. The van der Waals surface area contributed by atoms with Gasteiger partial charge in [-0.2, -0.15) is 0 Å². The fraction of sp³-hybridized carbons (Fsp3) is 0.550. The minimum Gasteiger partial charge on any atom is -0.460 e. The first-order chi connectivity index (χ1) is 13.1. The van der Waals surface area contributed by atoms with E-state index in [2.05, 4.69) is 20.8 Å². The zero-order valence-corrected chi connectivity index (χ0v) is 16.1. The number of nitro benzene ring substituents is 1. The van der Waals surface area contributed by atoms with Crippen molar-refractivity contribution in [3.8, 4) is 0 Å². The van der Waals surface area contributed by atoms with Gasteiger partial charge in [0, 0.05) is 11.5 Å². The number of imide groups is 1. The Kier molecular flexibility index (Phi) is 3.89. The molecule has 1 aromatic rings. The first-order valence-electron chi connectivity index (χ1n) is 9.41. The van der Waals surface area contributed by atoms with Gasteiger partial charge >= 0.3 is 5.97 Å². The van der Waals surface area contributed by atoms with Gasteiger partial charge in [0.25, 0.3) is 17.5 Å². The third kappa shape index (κ3) is 2.33. The van der Waals surface area contributed by atoms with E-state index in [-0.39, 0.29) is 28.1 Å². The number of rotatable bonds is 4. The molecule has 1 heterocycles. The molecule has 1 aromatic carbocycles. The molecule has 2 bridgehead atoms. The first-order valence-corrected chi connectivity index (χ1v) is 9.41. The van der Waals surface area contributed by atoms with Crippen LogP contribution in [0, 0.1) is 26.9 Å². The second-order valence-corrected chi connectivity index (χ2v) is 8.74. The summed E-state index contributed by atoms with van der Waals surface area (Å²) in [7, 11) is 0. The van der Waals surface area contributed by atoms with Crippen LogP contribution in [0.5, 0.6) is 0 Å². The molecule has 28 heavy (non-hydrogen) atoms. The van der Waals surface area contributed by atoms with Gasteiger partial charge in [-0.25, -0.2) is 0 Å². The van der Waals surface area contributed by atoms with Gasteiger partial charge in [0.15, 0.2) is 0 Å². The molecule has 0 N–H and O–H groups in total. The molecular weight excluding hydrogens is 364 g/mol. The lowest BCUT2D eigenvalue weighted by atomic mass is 9.70. The summed E-state index contributed by atoms with van der Waals surface area (Å²) in [6.45, 7) is 5.98. The monoisotopic (exact) mass is 386 g/mol. The van der Waals surface area contributed by atoms with Crippen molar-refractivity contribution >= 4 is 23.5 Å². The summed E-state index contributed by atoms with van der Waals surface area (Å²) < 4.78 is 5.70. The molecule has 4 rings (SSSR count). The van der Waals surface area contributed by atoms with Crippen molar-refractivity contribution < 1.29 is 24.0 Å². The van der Waals surface area contributed by atoms with Crippen LogP contribution in [0.2, 0.25) is 0 Å². The van der Waals surface area contributed by atoms with Gasteiger partial charge in [0.05, 0.1) is 10.5 Å². The quantitative estimate of drug-likeness (QED) is 0.341. The topological polar surface area (TPSA) is 107 Å². The predicted molar refractivity (Wildman–Crippen MR) is 97.6 cm³/mol. The lowest BCUT2D eigenvalue weighted by Gasteiger charge is -2.38. The molecule has 8 nitrogen and oxygen atoms in total. The normalized spacial score (nSPS) is 29.9. The molecule has 0 saturated heterocycles. The zero-order chi connectivity index (χ0) is 20.4. The van der Waals surface area contributed by atoms with Crippen molar-refractivity contribution in [2.24, 2.45) is 16.7 Å². The van der Waals surface area contributed by atoms with Crippen LogP contribution < -0.4 is 0 Å². The van der Waals surface area contributed by atoms with Crippen molar-refractivity contribution in [3.63, 3.8) is 0 Å². The van der Waals surface area contributed by atoms with Crippen LogP contribution >= 0.6 is 0 Å². The first kappa shape index (κ1) is 18.6. The maximum atomic E-state index is 12.6. The molecule has 0 unspecified atom stereocenters. The molecule has 0 spiro atoms. The highest BCUT2D eigenvalue weighted by Gasteiger charge is 2.63. The van der Waals surface area contributed by atoms with Gasteiger partial charge in [-0.15, -0.1) is 0 Å². The van der Waals surface area contributed by atoms with Gasteiger partial charge in [-0.3, -0.25) is 29.4 Å². The fourth-order valence-corrected chi connectivity index (χ4v) is 5.24. The van der Waals surface area contributed by atoms with Crippen LogP contribution in [0.1, 0.15) is 60.7 Å². The van der Waals surface area contributed by atoms with Crippen molar-refractivity contribution in [1.82, 2.24) is 4.90 Å². The summed E-state index contributed by atoms with van der Waals surface area (Å²) >= 11 is 0. The number of hydrogen-bond donors (Lipinski definition) is 0. The number of fused-ring (bicyclic) bond motifs is 3. The van der Waals surface area contributed by atoms with Gasteiger partial charge in [-0.05, 0) is 36.7 Å². The summed E-state index contributed by atoms with van der Waals surface area (Å²) in [5.41, 5.74) is -0.824. The Hall–Kier alpha value is -2.77. The van der Waals surface area contributed by atoms with Gasteiger partial charge in [0.1, 0.15) is 18.2 Å². The number of ether oxygens (including phenoxy) is 1. The molecule has 2 saturated carbocycles. The summed E-state index contributed by atoms with van der Waals surface area (Å²) in [5.74, 6) is -1.71. The molecule has 2 fully saturated rings. The standard InChI is InChI=1S/C20H22N2O6/c1-19(2)11-7-8-20(19,3)14(9-11)28-15(23)10-21-17(24)12-5-4-6-13(22(26)27)16(12)18(21)25/h4-6,11,14H,7-10H2,1-3H3/t11-,14-,20-/m0/s1. The largest absolute Gasteiger partial charge is 0.460 e. The van der Waals surface area contributed by atoms with Crippen LogP contribution in [0.25, 0.3) is 0 Å². The smallest absolute Gasteiger partial charge is 0.326 e. The Bertz CT molecular complexity index is 923. The third-order valence-electron chi connectivity index (χ3n) is 7.45. The van der Waals surface area contributed by atoms with Crippen molar-refractivity contribution in [1.29, 1.82) is 0 Å². The highest BCUT2D eigenvalue weighted by molar-refractivity contribution is 6.24. The molecule has 0 aromatic heterocycles. The number of benzene rings is 1. The minimum absolute atomic E-state index is 0.0555. The molecular formula is C20H22N2O6. The zero-order valence-electron chi connectivity index (χ0n) is 16.1. The van der Waals surface area contributed by atoms with Gasteiger partial charge in [0.2, 0.25) is 0 Å². The molecule has 148 valence electrons. The van der Waals surface area contributed by atoms with Crippen molar-refractivity contribution in [2.45, 2.75) is 46.1 Å². The van der Waals surface area contributed by atoms with Crippen LogP contribution in [-0.4, -0.2) is 40.3 Å². The molecule has 1 aliphatic heterocycles. The number of nitrogens with zero attached hydrogens (tertiary/aromatic N) is 2. The SMILES string of the molecule is CC1(C)[C@H]2CC[C@@]1(C)[C@@H](OC(=O)CN1C(=O)c3cccc([N+](=O)[O-])c3C1=O)C2. The maximum absolute atomic E-state index is 12.6. The average molecular weight is 386 g/mol. The maximum Gasteiger partial charge on any atom is 0.326 e. The fourth-order valence-electron chi connectivity index (χ4n) is 5.24. The summed E-state index contributed by atoms with van der Waals surface area (Å²) in [6.07, 6.45) is 2.61. The Labute approximate surface area is 162 Å². The van der Waals surface area contributed by atoms with E-state index in [4.69, 9.17) is 4.74 Å². The third-order valence-corrected chi connectivity index (χ3v) is 7.45. The molecule has 3 aliphatic rings. The van der Waals surface area contributed by atoms with Gasteiger partial charge in [-0.1, -0.05) is 26.8 Å². The average Bonchev–Trinajstić information content (AvgIpc) is 3.08. The Morgan fingerprint density at radius 2 is 2.00 bits per heavy atom. The highest BCUT2D eigenvalue weighted by Crippen LogP contribution is 2.66. The van der Waals surface area contributed by atoms with E-state index >= 15 is 0 Å². The number of carbonyl (C=O) groups excluding carboxylic acids is 3. The minimum atomic E-state index is -0.830. The number of esters is 1. The number of nitro groups is 1. The van der Waals surface area contributed by atoms with E-state index in [9.17, 15) is 24.5 Å². The van der Waals surface area contributed by atoms with E-state index in [0.717, 1.165) is 24.2 Å². The number of hydrogen-bond acceptors (Lipinski definition) is 6. The molecule has 0 radical (unpaired) electrons. The second kappa shape index (κ2) is 5.86. The van der Waals surface area contributed by atoms with E-state index < -0.39 is 34.9 Å². The van der Waals surface area contributed by atoms with E-state index in [1.165, 1.54) is 18.2 Å². The molecule has 8 heteroatoms. The Morgan fingerprint density at radius 1 is 1.29 bits per heavy atom. The summed E-state index contributed by atoms with van der Waals surface area (Å²) in [4.78, 5) is 48.9. The van der Waals surface area contributed by atoms with Crippen molar-refractivity contribution in [2.75, 3.05) is 6.54 Å². The van der Waals surface area contributed by atoms with Crippen LogP contribution in [0.4, 0.5) is 5.69 Å². The second-order valence-electron chi connectivity index (χ2n) is 8.74. The molecule has 3 atom stereocenters. The lowest BCUT2D eigenvalue weighted by molar-refractivity contribution is -0.385. The highest BCUT2D eigenvalue weighted by atomic mass is 16.6. The lowest BCUT2D eigenvalue weighted by Crippen LogP contribution is -2.41. The Morgan fingerprint density at radius 3 is 2.57 bits per heavy atom. The number of carbonyl (C=O) groups is 3. The van der Waals surface area contributed by atoms with Crippen LogP contribution in [0.3, 0.4) is 0 Å². The summed E-state index contributed by atoms with van der Waals surface area (Å²) in [6, 6.07) is 3.87. The predicted octanol–water partition coefficient (Wildman–Crippen LogP) is 2.95.